The smallest absolute Gasteiger partial charge is 0.408 e. The van der Waals surface area contributed by atoms with Gasteiger partial charge in [0.2, 0.25) is 0 Å². The summed E-state index contributed by atoms with van der Waals surface area (Å²) in [5.74, 6) is -0.653. The fourth-order valence-electron chi connectivity index (χ4n) is 1.53. The molecular weight excluding hydrogens is 259 g/mol. The first-order valence-corrected chi connectivity index (χ1v) is 5.79. The molecule has 1 atom stereocenters. The number of rotatable bonds is 5. The number of ether oxygens (including phenoxy) is 1. The van der Waals surface area contributed by atoms with Crippen LogP contribution >= 0.6 is 0 Å². The van der Waals surface area contributed by atoms with Crippen molar-refractivity contribution in [3.63, 3.8) is 0 Å². The van der Waals surface area contributed by atoms with E-state index >= 15 is 0 Å². The minimum absolute atomic E-state index is 0.278. The normalized spacial score (nSPS) is 12.9. The van der Waals surface area contributed by atoms with Crippen molar-refractivity contribution in [2.75, 3.05) is 12.4 Å². The summed E-state index contributed by atoms with van der Waals surface area (Å²) in [6.07, 6.45) is -5.05. The Bertz CT molecular complexity index is 415. The Morgan fingerprint density at radius 2 is 1.89 bits per heavy atom. The number of carbonyl (C=O) groups excluding carboxylic acids is 1. The lowest BCUT2D eigenvalue weighted by atomic mass is 10.1. The van der Waals surface area contributed by atoms with Gasteiger partial charge in [0.05, 0.1) is 7.11 Å². The van der Waals surface area contributed by atoms with E-state index in [4.69, 9.17) is 0 Å². The fraction of sp³-hybridized carbons (Fsp3) is 0.462. The zero-order valence-electron chi connectivity index (χ0n) is 10.8. The molecule has 0 aromatic heterocycles. The summed E-state index contributed by atoms with van der Waals surface area (Å²) in [5, 5.41) is 2.39. The second kappa shape index (κ2) is 6.45. The molecule has 1 aromatic rings. The van der Waals surface area contributed by atoms with Crippen molar-refractivity contribution >= 4 is 11.7 Å². The molecule has 0 saturated heterocycles. The quantitative estimate of drug-likeness (QED) is 0.838. The number of esters is 1. The Morgan fingerprint density at radius 1 is 1.32 bits per heavy atom. The van der Waals surface area contributed by atoms with Gasteiger partial charge in [-0.3, -0.25) is 4.79 Å². The Balaban J connectivity index is 2.69. The number of aryl methyl sites for hydroxylation is 1. The highest BCUT2D eigenvalue weighted by Crippen LogP contribution is 2.27. The average molecular weight is 275 g/mol. The van der Waals surface area contributed by atoms with E-state index in [9.17, 15) is 18.0 Å². The predicted octanol–water partition coefficient (Wildman–Crippen LogP) is 3.29. The van der Waals surface area contributed by atoms with Crippen LogP contribution in [0.15, 0.2) is 24.3 Å². The van der Waals surface area contributed by atoms with Gasteiger partial charge in [-0.2, -0.15) is 13.2 Å². The third-order valence-electron chi connectivity index (χ3n) is 2.65. The highest BCUT2D eigenvalue weighted by Gasteiger charge is 2.39. The van der Waals surface area contributed by atoms with E-state index in [-0.39, 0.29) is 12.8 Å². The molecule has 0 saturated carbocycles. The molecule has 0 aliphatic heterocycles. The second-order valence-electron chi connectivity index (χ2n) is 4.22. The third kappa shape index (κ3) is 5.19. The van der Waals surface area contributed by atoms with Gasteiger partial charge >= 0.3 is 12.1 Å². The lowest BCUT2D eigenvalue weighted by molar-refractivity contribution is -0.149. The lowest BCUT2D eigenvalue weighted by Gasteiger charge is -2.22. The Morgan fingerprint density at radius 3 is 2.37 bits per heavy atom. The summed E-state index contributed by atoms with van der Waals surface area (Å²) < 4.78 is 42.8. The van der Waals surface area contributed by atoms with E-state index in [1.807, 2.05) is 6.92 Å². The van der Waals surface area contributed by atoms with Crippen LogP contribution in [0, 0.1) is 6.92 Å². The molecule has 6 heteroatoms. The van der Waals surface area contributed by atoms with Gasteiger partial charge in [-0.05, 0) is 25.5 Å². The van der Waals surface area contributed by atoms with E-state index in [1.54, 1.807) is 24.3 Å². The minimum Gasteiger partial charge on any atom is -0.469 e. The second-order valence-corrected chi connectivity index (χ2v) is 4.22. The van der Waals surface area contributed by atoms with Gasteiger partial charge in [0.1, 0.15) is 6.04 Å². The molecule has 0 spiro atoms. The zero-order chi connectivity index (χ0) is 14.5. The molecule has 0 bridgehead atoms. The highest BCUT2D eigenvalue weighted by atomic mass is 19.4. The van der Waals surface area contributed by atoms with Crippen LogP contribution in [0.4, 0.5) is 18.9 Å². The molecule has 1 aromatic carbocycles. The van der Waals surface area contributed by atoms with Crippen molar-refractivity contribution in [1.29, 1.82) is 0 Å². The molecule has 0 aliphatic rings. The number of nitrogens with one attached hydrogen (secondary N) is 1. The molecule has 0 amide bonds. The number of hydrogen-bond acceptors (Lipinski definition) is 3. The number of hydrogen-bond donors (Lipinski definition) is 1. The molecule has 0 heterocycles. The molecule has 1 rings (SSSR count). The number of methoxy groups -OCH3 is 1. The van der Waals surface area contributed by atoms with Crippen molar-refractivity contribution in [1.82, 2.24) is 0 Å². The molecule has 0 fully saturated rings. The Hall–Kier alpha value is -1.72. The van der Waals surface area contributed by atoms with Crippen LogP contribution in [0.2, 0.25) is 0 Å². The number of alkyl halides is 3. The van der Waals surface area contributed by atoms with Gasteiger partial charge in [-0.25, -0.2) is 0 Å². The van der Waals surface area contributed by atoms with E-state index in [0.717, 1.165) is 12.7 Å². The van der Waals surface area contributed by atoms with Gasteiger partial charge in [-0.1, -0.05) is 17.7 Å². The van der Waals surface area contributed by atoms with Gasteiger partial charge in [-0.15, -0.1) is 0 Å². The van der Waals surface area contributed by atoms with Crippen LogP contribution in [0.5, 0.6) is 0 Å². The summed E-state index contributed by atoms with van der Waals surface area (Å²) in [6.45, 7) is 1.85. The molecule has 0 aliphatic carbocycles. The first-order valence-electron chi connectivity index (χ1n) is 5.79. The molecule has 106 valence electrons. The van der Waals surface area contributed by atoms with Gasteiger partial charge in [0.25, 0.3) is 0 Å². The maximum atomic E-state index is 12.8. The minimum atomic E-state index is -4.42. The van der Waals surface area contributed by atoms with Gasteiger partial charge < -0.3 is 10.1 Å². The fourth-order valence-corrected chi connectivity index (χ4v) is 1.53. The summed E-state index contributed by atoms with van der Waals surface area (Å²) in [6, 6.07) is 4.82. The van der Waals surface area contributed by atoms with E-state index in [2.05, 4.69) is 10.1 Å². The average Bonchev–Trinajstić information content (AvgIpc) is 2.34. The number of anilines is 1. The molecule has 1 unspecified atom stereocenters. The van der Waals surface area contributed by atoms with Crippen molar-refractivity contribution in [2.45, 2.75) is 32.0 Å². The van der Waals surface area contributed by atoms with E-state index in [1.165, 1.54) is 0 Å². The van der Waals surface area contributed by atoms with E-state index in [0.29, 0.717) is 5.69 Å². The molecule has 19 heavy (non-hydrogen) atoms. The zero-order valence-corrected chi connectivity index (χ0v) is 10.8. The summed E-state index contributed by atoms with van der Waals surface area (Å²) in [7, 11) is 1.15. The first kappa shape index (κ1) is 15.3. The standard InChI is InChI=1S/C13H16F3NO2/c1-9-3-5-10(6-4-9)17-11(13(14,15)16)7-8-12(18)19-2/h3-6,11,17H,7-8H2,1-2H3. The predicted molar refractivity (Wildman–Crippen MR) is 65.9 cm³/mol. The molecular formula is C13H16F3NO2. The topological polar surface area (TPSA) is 38.3 Å². The molecule has 0 radical (unpaired) electrons. The number of benzene rings is 1. The Kier molecular flexibility index (Phi) is 5.20. The summed E-state index contributed by atoms with van der Waals surface area (Å²) in [5.41, 5.74) is 1.33. The molecule has 1 N–H and O–H groups in total. The van der Waals surface area contributed by atoms with Crippen LogP contribution in [0.1, 0.15) is 18.4 Å². The summed E-state index contributed by atoms with van der Waals surface area (Å²) in [4.78, 5) is 10.9. The van der Waals surface area contributed by atoms with Gasteiger partial charge in [0, 0.05) is 12.1 Å². The maximum absolute atomic E-state index is 12.8. The SMILES string of the molecule is COC(=O)CCC(Nc1ccc(C)cc1)C(F)(F)F. The largest absolute Gasteiger partial charge is 0.469 e. The van der Waals surface area contributed by atoms with Crippen LogP contribution < -0.4 is 5.32 Å². The molecule has 3 nitrogen and oxygen atoms in total. The number of halogens is 3. The highest BCUT2D eigenvalue weighted by molar-refractivity contribution is 5.69. The van der Waals surface area contributed by atoms with Crippen LogP contribution in [-0.2, 0) is 9.53 Å². The third-order valence-corrected chi connectivity index (χ3v) is 2.65. The van der Waals surface area contributed by atoms with Crippen molar-refractivity contribution in [2.24, 2.45) is 0 Å². The van der Waals surface area contributed by atoms with Crippen molar-refractivity contribution in [3.8, 4) is 0 Å². The monoisotopic (exact) mass is 275 g/mol. The number of carbonyl (C=O) groups is 1. The van der Waals surface area contributed by atoms with E-state index < -0.39 is 18.2 Å². The summed E-state index contributed by atoms with van der Waals surface area (Å²) >= 11 is 0. The van der Waals surface area contributed by atoms with Crippen LogP contribution in [-0.4, -0.2) is 25.3 Å². The lowest BCUT2D eigenvalue weighted by Crippen LogP contribution is -2.36. The maximum Gasteiger partial charge on any atom is 0.408 e. The van der Waals surface area contributed by atoms with Gasteiger partial charge in [0.15, 0.2) is 0 Å². The van der Waals surface area contributed by atoms with Crippen molar-refractivity contribution < 1.29 is 22.7 Å². The first-order chi connectivity index (χ1) is 8.82. The van der Waals surface area contributed by atoms with Crippen LogP contribution in [0.25, 0.3) is 0 Å². The van der Waals surface area contributed by atoms with Crippen molar-refractivity contribution in [3.05, 3.63) is 29.8 Å². The van der Waals surface area contributed by atoms with Crippen LogP contribution in [0.3, 0.4) is 0 Å². The Labute approximate surface area is 109 Å².